The van der Waals surface area contributed by atoms with Crippen molar-refractivity contribution in [3.05, 3.63) is 29.6 Å². The number of aliphatic hydroxyl groups is 1. The first kappa shape index (κ1) is 11.1. The molecule has 0 radical (unpaired) electrons. The lowest BCUT2D eigenvalue weighted by Crippen LogP contribution is -2.04. The number of pyridine rings is 1. The zero-order chi connectivity index (χ0) is 9.40. The Morgan fingerprint density at radius 2 is 2.08 bits per heavy atom. The molecule has 1 rings (SSSR count). The van der Waals surface area contributed by atoms with Crippen LogP contribution in [-0.4, -0.2) is 23.7 Å². The molecule has 0 atom stereocenters. The van der Waals surface area contributed by atoms with E-state index in [-0.39, 0.29) is 0 Å². The monoisotopic (exact) mass is 168 g/mol. The summed E-state index contributed by atoms with van der Waals surface area (Å²) in [4.78, 5) is 4.28. The van der Waals surface area contributed by atoms with Gasteiger partial charge in [0.05, 0.1) is 0 Å². The maximum atomic E-state index is 7.00. The van der Waals surface area contributed by atoms with Crippen LogP contribution < -0.4 is 5.73 Å². The second kappa shape index (κ2) is 6.76. The number of nitrogens with zero attached hydrogens (tertiary/aromatic N) is 1. The van der Waals surface area contributed by atoms with Gasteiger partial charge in [-0.3, -0.25) is 4.98 Å². The fourth-order valence-electron chi connectivity index (χ4n) is 0.887. The summed E-state index contributed by atoms with van der Waals surface area (Å²) in [6, 6.07) is 5.99. The van der Waals surface area contributed by atoms with Gasteiger partial charge < -0.3 is 10.8 Å². The average molecular weight is 168 g/mol. The highest BCUT2D eigenvalue weighted by Gasteiger charge is 1.90. The minimum Gasteiger partial charge on any atom is -0.400 e. The van der Waals surface area contributed by atoms with E-state index in [9.17, 15) is 0 Å². The zero-order valence-corrected chi connectivity index (χ0v) is 7.62. The standard InChI is InChI=1S/C8H12N2.CH4O/c1-7-3-2-4-8(10-7)5-6-9;1-2/h2-4H,5-6,9H2,1H3;2H,1H3. The van der Waals surface area contributed by atoms with E-state index in [0.717, 1.165) is 24.9 Å². The number of aliphatic hydroxyl groups excluding tert-OH is 1. The Morgan fingerprint density at radius 1 is 1.42 bits per heavy atom. The lowest BCUT2D eigenvalue weighted by molar-refractivity contribution is 0.399. The molecule has 12 heavy (non-hydrogen) atoms. The Bertz CT molecular complexity index is 213. The Balaban J connectivity index is 0.000000561. The zero-order valence-electron chi connectivity index (χ0n) is 7.62. The molecule has 0 saturated heterocycles. The third kappa shape index (κ3) is 4.05. The molecular weight excluding hydrogens is 152 g/mol. The van der Waals surface area contributed by atoms with Crippen molar-refractivity contribution in [3.63, 3.8) is 0 Å². The van der Waals surface area contributed by atoms with Crippen LogP contribution in [0.3, 0.4) is 0 Å². The number of hydrogen-bond donors (Lipinski definition) is 2. The van der Waals surface area contributed by atoms with E-state index in [0.29, 0.717) is 6.54 Å². The van der Waals surface area contributed by atoms with Crippen LogP contribution in [0.4, 0.5) is 0 Å². The highest BCUT2D eigenvalue weighted by molar-refractivity contribution is 5.09. The summed E-state index contributed by atoms with van der Waals surface area (Å²) in [6.45, 7) is 2.66. The summed E-state index contributed by atoms with van der Waals surface area (Å²) in [5.74, 6) is 0. The molecule has 0 aromatic carbocycles. The van der Waals surface area contributed by atoms with Crippen LogP contribution in [0.5, 0.6) is 0 Å². The molecule has 1 heterocycles. The van der Waals surface area contributed by atoms with Crippen LogP contribution in [0, 0.1) is 6.92 Å². The van der Waals surface area contributed by atoms with Crippen LogP contribution in [0.2, 0.25) is 0 Å². The predicted octanol–water partition coefficient (Wildman–Crippen LogP) is 0.500. The van der Waals surface area contributed by atoms with Gasteiger partial charge in [-0.25, -0.2) is 0 Å². The fourth-order valence-corrected chi connectivity index (χ4v) is 0.887. The largest absolute Gasteiger partial charge is 0.400 e. The molecule has 0 aliphatic heterocycles. The van der Waals surface area contributed by atoms with Crippen LogP contribution in [0.25, 0.3) is 0 Å². The lowest BCUT2D eigenvalue weighted by atomic mass is 10.2. The quantitative estimate of drug-likeness (QED) is 0.676. The van der Waals surface area contributed by atoms with Gasteiger partial charge in [-0.2, -0.15) is 0 Å². The highest BCUT2D eigenvalue weighted by Crippen LogP contribution is 1.97. The van der Waals surface area contributed by atoms with Crippen molar-refractivity contribution in [3.8, 4) is 0 Å². The summed E-state index contributed by atoms with van der Waals surface area (Å²) in [5.41, 5.74) is 7.52. The van der Waals surface area contributed by atoms with Crippen molar-refractivity contribution in [2.24, 2.45) is 5.73 Å². The van der Waals surface area contributed by atoms with Gasteiger partial charge in [-0.05, 0) is 25.6 Å². The molecule has 0 spiro atoms. The van der Waals surface area contributed by atoms with Crippen LogP contribution in [0.1, 0.15) is 11.4 Å². The van der Waals surface area contributed by atoms with Gasteiger partial charge in [0, 0.05) is 24.9 Å². The molecule has 0 amide bonds. The second-order valence-corrected chi connectivity index (χ2v) is 2.31. The smallest absolute Gasteiger partial charge is 0.0419 e. The number of nitrogens with two attached hydrogens (primary N) is 1. The minimum absolute atomic E-state index is 0.677. The first-order valence-corrected chi connectivity index (χ1v) is 3.90. The number of aryl methyl sites for hydroxylation is 1. The first-order chi connectivity index (χ1) is 5.83. The van der Waals surface area contributed by atoms with E-state index >= 15 is 0 Å². The molecule has 0 saturated carbocycles. The molecule has 68 valence electrons. The predicted molar refractivity (Wildman–Crippen MR) is 49.9 cm³/mol. The third-order valence-electron chi connectivity index (χ3n) is 1.35. The Labute approximate surface area is 73.3 Å². The molecule has 3 N–H and O–H groups in total. The van der Waals surface area contributed by atoms with Crippen molar-refractivity contribution in [1.82, 2.24) is 4.98 Å². The van der Waals surface area contributed by atoms with Crippen LogP contribution in [0.15, 0.2) is 18.2 Å². The Hall–Kier alpha value is -0.930. The van der Waals surface area contributed by atoms with Gasteiger partial charge in [0.2, 0.25) is 0 Å². The van der Waals surface area contributed by atoms with E-state index in [1.807, 2.05) is 25.1 Å². The van der Waals surface area contributed by atoms with Gasteiger partial charge >= 0.3 is 0 Å². The van der Waals surface area contributed by atoms with E-state index in [4.69, 9.17) is 10.8 Å². The summed E-state index contributed by atoms with van der Waals surface area (Å²) < 4.78 is 0. The second-order valence-electron chi connectivity index (χ2n) is 2.31. The van der Waals surface area contributed by atoms with Crippen LogP contribution >= 0.6 is 0 Å². The summed E-state index contributed by atoms with van der Waals surface area (Å²) in [5, 5.41) is 7.00. The molecule has 0 unspecified atom stereocenters. The van der Waals surface area contributed by atoms with Crippen molar-refractivity contribution >= 4 is 0 Å². The number of aromatic nitrogens is 1. The lowest BCUT2D eigenvalue weighted by Gasteiger charge is -1.97. The molecule has 0 aliphatic rings. The number of rotatable bonds is 2. The normalized spacial score (nSPS) is 8.67. The third-order valence-corrected chi connectivity index (χ3v) is 1.35. The van der Waals surface area contributed by atoms with Gasteiger partial charge in [-0.15, -0.1) is 0 Å². The maximum absolute atomic E-state index is 7.00. The van der Waals surface area contributed by atoms with Crippen LogP contribution in [-0.2, 0) is 6.42 Å². The van der Waals surface area contributed by atoms with Crippen molar-refractivity contribution in [2.45, 2.75) is 13.3 Å². The van der Waals surface area contributed by atoms with Gasteiger partial charge in [0.15, 0.2) is 0 Å². The molecule has 1 aromatic rings. The Morgan fingerprint density at radius 3 is 2.58 bits per heavy atom. The average Bonchev–Trinajstić information content (AvgIpc) is 2.09. The fraction of sp³-hybridized carbons (Fsp3) is 0.444. The minimum atomic E-state index is 0.677. The van der Waals surface area contributed by atoms with Gasteiger partial charge in [-0.1, -0.05) is 6.07 Å². The van der Waals surface area contributed by atoms with Crippen molar-refractivity contribution < 1.29 is 5.11 Å². The summed E-state index contributed by atoms with van der Waals surface area (Å²) >= 11 is 0. The first-order valence-electron chi connectivity index (χ1n) is 3.90. The van der Waals surface area contributed by atoms with E-state index in [1.54, 1.807) is 0 Å². The van der Waals surface area contributed by atoms with Crippen molar-refractivity contribution in [1.29, 1.82) is 0 Å². The molecular formula is C9H16N2O. The van der Waals surface area contributed by atoms with Gasteiger partial charge in [0.1, 0.15) is 0 Å². The molecule has 1 aromatic heterocycles. The van der Waals surface area contributed by atoms with Gasteiger partial charge in [0.25, 0.3) is 0 Å². The summed E-state index contributed by atoms with van der Waals surface area (Å²) in [6.07, 6.45) is 0.877. The van der Waals surface area contributed by atoms with E-state index in [2.05, 4.69) is 4.98 Å². The molecule has 3 heteroatoms. The SMILES string of the molecule is CO.Cc1cccc(CCN)n1. The molecule has 0 fully saturated rings. The van der Waals surface area contributed by atoms with E-state index in [1.165, 1.54) is 0 Å². The molecule has 0 aliphatic carbocycles. The van der Waals surface area contributed by atoms with E-state index < -0.39 is 0 Å². The maximum Gasteiger partial charge on any atom is 0.0419 e. The van der Waals surface area contributed by atoms with Crippen molar-refractivity contribution in [2.75, 3.05) is 13.7 Å². The topological polar surface area (TPSA) is 59.1 Å². The highest BCUT2D eigenvalue weighted by atomic mass is 16.2. The Kier molecular flexibility index (Phi) is 6.24. The molecule has 3 nitrogen and oxygen atoms in total. The number of hydrogen-bond acceptors (Lipinski definition) is 3. The summed E-state index contributed by atoms with van der Waals surface area (Å²) in [7, 11) is 1.00. The molecule has 0 bridgehead atoms.